The summed E-state index contributed by atoms with van der Waals surface area (Å²) in [6.07, 6.45) is 1.63. The maximum atomic E-state index is 10.3. The van der Waals surface area contributed by atoms with Crippen LogP contribution in [0.5, 0.6) is 0 Å². The van der Waals surface area contributed by atoms with Crippen molar-refractivity contribution in [2.24, 2.45) is 0 Å². The van der Waals surface area contributed by atoms with Gasteiger partial charge in [-0.05, 0) is 68.5 Å². The molecule has 4 aromatic carbocycles. The number of benzene rings is 4. The topological polar surface area (TPSA) is 47.6 Å². The molecular formula is C30H20N2. The van der Waals surface area contributed by atoms with E-state index in [4.69, 9.17) is 0 Å². The van der Waals surface area contributed by atoms with Gasteiger partial charge in [0, 0.05) is 0 Å². The van der Waals surface area contributed by atoms with Gasteiger partial charge in [0.05, 0.1) is 24.0 Å². The summed E-state index contributed by atoms with van der Waals surface area (Å²) in [6.45, 7) is 0. The third-order valence-electron chi connectivity index (χ3n) is 7.06. The Balaban J connectivity index is 1.47. The molecule has 0 amide bonds. The summed E-state index contributed by atoms with van der Waals surface area (Å²) in [7, 11) is 0. The van der Waals surface area contributed by atoms with Crippen LogP contribution in [0.1, 0.15) is 45.2 Å². The number of hydrogen-bond donors (Lipinski definition) is 0. The second-order valence-electron chi connectivity index (χ2n) is 8.63. The molecule has 2 unspecified atom stereocenters. The predicted octanol–water partition coefficient (Wildman–Crippen LogP) is 6.74. The van der Waals surface area contributed by atoms with E-state index in [0.717, 1.165) is 24.0 Å². The van der Waals surface area contributed by atoms with Crippen LogP contribution >= 0.6 is 0 Å². The Morgan fingerprint density at radius 3 is 1.34 bits per heavy atom. The fourth-order valence-corrected chi connectivity index (χ4v) is 5.59. The molecule has 0 saturated carbocycles. The van der Waals surface area contributed by atoms with E-state index in [2.05, 4.69) is 72.8 Å². The minimum atomic E-state index is -0.514. The van der Waals surface area contributed by atoms with Gasteiger partial charge in [-0.2, -0.15) is 10.5 Å². The lowest BCUT2D eigenvalue weighted by atomic mass is 9.78. The zero-order chi connectivity index (χ0) is 21.7. The molecule has 2 heteroatoms. The number of fused-ring (bicyclic) bond motifs is 6. The maximum Gasteiger partial charge on any atom is 0.0915 e. The molecule has 4 aromatic rings. The standard InChI is InChI=1S/C30H20N2/c31-17-29(25-13-5-11-23-21-9-3-1-7-19(21)15-27(23)25)30(18-32)26-14-6-12-24-22-10-4-2-8-20(22)16-28(24)26/h1-14,29-30H,15-16H2. The number of nitrogens with zero attached hydrogens (tertiary/aromatic N) is 2. The van der Waals surface area contributed by atoms with Gasteiger partial charge in [0.25, 0.3) is 0 Å². The molecule has 150 valence electrons. The summed E-state index contributed by atoms with van der Waals surface area (Å²) >= 11 is 0. The Labute approximate surface area is 188 Å². The Bertz CT molecular complexity index is 1350. The lowest BCUT2D eigenvalue weighted by molar-refractivity contribution is 0.748. The largest absolute Gasteiger partial charge is 0.198 e. The van der Waals surface area contributed by atoms with Crippen LogP contribution in [0.25, 0.3) is 22.3 Å². The number of nitriles is 2. The van der Waals surface area contributed by atoms with Crippen molar-refractivity contribution in [1.82, 2.24) is 0 Å². The minimum absolute atomic E-state index is 0.514. The fourth-order valence-electron chi connectivity index (χ4n) is 5.59. The van der Waals surface area contributed by atoms with Crippen LogP contribution in [0, 0.1) is 22.7 Å². The predicted molar refractivity (Wildman–Crippen MR) is 126 cm³/mol. The summed E-state index contributed by atoms with van der Waals surface area (Å²) in [5.74, 6) is -1.03. The molecule has 0 aliphatic heterocycles. The van der Waals surface area contributed by atoms with E-state index in [9.17, 15) is 10.5 Å². The summed E-state index contributed by atoms with van der Waals surface area (Å²) < 4.78 is 0. The number of rotatable bonds is 3. The highest BCUT2D eigenvalue weighted by Gasteiger charge is 2.33. The van der Waals surface area contributed by atoms with Gasteiger partial charge < -0.3 is 0 Å². The van der Waals surface area contributed by atoms with Gasteiger partial charge >= 0.3 is 0 Å². The molecular weight excluding hydrogens is 388 g/mol. The Hall–Kier alpha value is -4.14. The highest BCUT2D eigenvalue weighted by atomic mass is 14.4. The van der Waals surface area contributed by atoms with Crippen molar-refractivity contribution in [3.8, 4) is 34.4 Å². The zero-order valence-corrected chi connectivity index (χ0v) is 17.5. The van der Waals surface area contributed by atoms with Crippen molar-refractivity contribution in [1.29, 1.82) is 10.5 Å². The van der Waals surface area contributed by atoms with E-state index in [-0.39, 0.29) is 0 Å². The van der Waals surface area contributed by atoms with Gasteiger partial charge in [-0.3, -0.25) is 0 Å². The van der Waals surface area contributed by atoms with Crippen LogP contribution in [0.2, 0.25) is 0 Å². The molecule has 0 heterocycles. The first kappa shape index (κ1) is 18.6. The molecule has 0 radical (unpaired) electrons. The number of hydrogen-bond acceptors (Lipinski definition) is 2. The summed E-state index contributed by atoms with van der Waals surface area (Å²) in [5.41, 5.74) is 11.8. The molecule has 2 atom stereocenters. The molecule has 2 aliphatic carbocycles. The summed E-state index contributed by atoms with van der Waals surface area (Å²) in [5, 5.41) is 20.6. The van der Waals surface area contributed by atoms with Crippen molar-refractivity contribution in [3.05, 3.63) is 118 Å². The van der Waals surface area contributed by atoms with Crippen LogP contribution in [-0.4, -0.2) is 0 Å². The van der Waals surface area contributed by atoms with E-state index in [1.54, 1.807) is 0 Å². The van der Waals surface area contributed by atoms with Gasteiger partial charge in [-0.15, -0.1) is 0 Å². The molecule has 0 N–H and O–H groups in total. The Kier molecular flexibility index (Phi) is 4.20. The van der Waals surface area contributed by atoms with Crippen LogP contribution in [-0.2, 0) is 12.8 Å². The van der Waals surface area contributed by atoms with Crippen LogP contribution in [0.4, 0.5) is 0 Å². The maximum absolute atomic E-state index is 10.3. The lowest BCUT2D eigenvalue weighted by Gasteiger charge is -2.21. The third-order valence-corrected chi connectivity index (χ3v) is 7.06. The van der Waals surface area contributed by atoms with Crippen molar-refractivity contribution < 1.29 is 0 Å². The van der Waals surface area contributed by atoms with Crippen molar-refractivity contribution in [2.45, 2.75) is 24.7 Å². The molecule has 0 spiro atoms. The highest BCUT2D eigenvalue weighted by Crippen LogP contribution is 2.46. The van der Waals surface area contributed by atoms with Crippen molar-refractivity contribution >= 4 is 0 Å². The normalized spacial score (nSPS) is 14.3. The quantitative estimate of drug-likeness (QED) is 0.325. The fraction of sp³-hybridized carbons (Fsp3) is 0.133. The van der Waals surface area contributed by atoms with Gasteiger partial charge in [0.2, 0.25) is 0 Å². The molecule has 2 nitrogen and oxygen atoms in total. The summed E-state index contributed by atoms with van der Waals surface area (Å²) in [4.78, 5) is 0. The van der Waals surface area contributed by atoms with E-state index in [0.29, 0.717) is 0 Å². The first-order chi connectivity index (χ1) is 15.8. The summed E-state index contributed by atoms with van der Waals surface area (Å²) in [6, 6.07) is 34.3. The van der Waals surface area contributed by atoms with E-state index in [1.807, 2.05) is 24.3 Å². The van der Waals surface area contributed by atoms with Crippen molar-refractivity contribution in [3.63, 3.8) is 0 Å². The first-order valence-corrected chi connectivity index (χ1v) is 11.0. The van der Waals surface area contributed by atoms with Crippen LogP contribution < -0.4 is 0 Å². The van der Waals surface area contributed by atoms with E-state index in [1.165, 1.54) is 44.5 Å². The Morgan fingerprint density at radius 1 is 0.500 bits per heavy atom. The average molecular weight is 409 g/mol. The van der Waals surface area contributed by atoms with Gasteiger partial charge in [0.1, 0.15) is 0 Å². The van der Waals surface area contributed by atoms with Crippen LogP contribution in [0.15, 0.2) is 84.9 Å². The van der Waals surface area contributed by atoms with Gasteiger partial charge in [-0.25, -0.2) is 0 Å². The minimum Gasteiger partial charge on any atom is -0.198 e. The van der Waals surface area contributed by atoms with Crippen LogP contribution in [0.3, 0.4) is 0 Å². The highest BCUT2D eigenvalue weighted by molar-refractivity contribution is 5.80. The smallest absolute Gasteiger partial charge is 0.0915 e. The van der Waals surface area contributed by atoms with E-state index >= 15 is 0 Å². The first-order valence-electron chi connectivity index (χ1n) is 11.0. The van der Waals surface area contributed by atoms with Crippen molar-refractivity contribution in [2.75, 3.05) is 0 Å². The van der Waals surface area contributed by atoms with Gasteiger partial charge in [-0.1, -0.05) is 84.9 Å². The lowest BCUT2D eigenvalue weighted by Crippen LogP contribution is -2.12. The average Bonchev–Trinajstić information content (AvgIpc) is 3.41. The third kappa shape index (κ3) is 2.64. The molecule has 2 aliphatic rings. The van der Waals surface area contributed by atoms with E-state index < -0.39 is 11.8 Å². The molecule has 32 heavy (non-hydrogen) atoms. The molecule has 6 rings (SSSR count). The molecule has 0 fully saturated rings. The monoisotopic (exact) mass is 408 g/mol. The SMILES string of the molecule is N#CC(c1cccc2c1Cc1ccccc1-2)C(C#N)c1cccc2c1Cc1ccccc1-2. The second-order valence-corrected chi connectivity index (χ2v) is 8.63. The van der Waals surface area contributed by atoms with Gasteiger partial charge in [0.15, 0.2) is 0 Å². The molecule has 0 aromatic heterocycles. The zero-order valence-electron chi connectivity index (χ0n) is 17.5. The second kappa shape index (κ2) is 7.23. The Morgan fingerprint density at radius 2 is 0.906 bits per heavy atom. The molecule has 0 bridgehead atoms. The molecule has 0 saturated heterocycles.